The van der Waals surface area contributed by atoms with Crippen LogP contribution >= 0.6 is 11.3 Å². The Bertz CT molecular complexity index is 833. The smallest absolute Gasteiger partial charge is 0.324 e. The summed E-state index contributed by atoms with van der Waals surface area (Å²) in [5.74, 6) is -0.0815. The summed E-state index contributed by atoms with van der Waals surface area (Å²) in [5.41, 5.74) is 7.72. The van der Waals surface area contributed by atoms with Gasteiger partial charge in [-0.3, -0.25) is 9.69 Å². The molecule has 1 fully saturated rings. The number of imide groups is 1. The summed E-state index contributed by atoms with van der Waals surface area (Å²) in [6.45, 7) is 3.84. The number of nitrogens with one attached hydrogen (secondary N) is 1. The highest BCUT2D eigenvalue weighted by atomic mass is 32.1. The number of anilines is 1. The van der Waals surface area contributed by atoms with Crippen LogP contribution in [0.1, 0.15) is 35.8 Å². The van der Waals surface area contributed by atoms with Gasteiger partial charge in [-0.2, -0.15) is 5.26 Å². The number of carbonyl (C=O) groups is 2. The maximum absolute atomic E-state index is 13.2. The average Bonchev–Trinajstić information content (AvgIpc) is 3.04. The highest BCUT2D eigenvalue weighted by molar-refractivity contribution is 7.16. The molecule has 3 amide bonds. The molecule has 0 unspecified atom stereocenters. The fourth-order valence-electron chi connectivity index (χ4n) is 4.78. The summed E-state index contributed by atoms with van der Waals surface area (Å²) in [6.07, 6.45) is 3.06. The first-order chi connectivity index (χ1) is 14.4. The second kappa shape index (κ2) is 9.77. The van der Waals surface area contributed by atoms with Crippen LogP contribution in [0.5, 0.6) is 0 Å². The molecule has 0 spiro atoms. The number of thiophene rings is 1. The van der Waals surface area contributed by atoms with E-state index >= 15 is 0 Å². The molecule has 8 nitrogen and oxygen atoms in total. The predicted octanol–water partition coefficient (Wildman–Crippen LogP) is 1.83. The molecule has 1 aliphatic carbocycles. The standard InChI is InChI=1S/C21H31N5O3S/c1-4-26(21(28)24-6-5-7-29-3)20(27)14-8-13-9-15-16(11-22)19(23)30-18(15)10-17(13)25(2)12-14/h13-14,17H,4-10,12,23H2,1-3H3,(H,24,28)/t13-,14-,17-/m1/s1. The van der Waals surface area contributed by atoms with Crippen LogP contribution in [0.4, 0.5) is 9.80 Å². The van der Waals surface area contributed by atoms with Crippen molar-refractivity contribution in [2.75, 3.05) is 46.1 Å². The number of nitrogens with zero attached hydrogens (tertiary/aromatic N) is 3. The SMILES string of the molecule is CCN(C(=O)NCCCOC)C(=O)[C@@H]1C[C@@H]2Cc3c(sc(N)c3C#N)C[C@H]2N(C)C1. The van der Waals surface area contributed by atoms with E-state index in [1.165, 1.54) is 21.1 Å². The van der Waals surface area contributed by atoms with Crippen LogP contribution in [0, 0.1) is 23.2 Å². The van der Waals surface area contributed by atoms with E-state index in [1.807, 2.05) is 14.0 Å². The Morgan fingerprint density at radius 2 is 2.20 bits per heavy atom. The van der Waals surface area contributed by atoms with E-state index in [0.29, 0.717) is 49.3 Å². The highest BCUT2D eigenvalue weighted by Crippen LogP contribution is 2.42. The zero-order chi connectivity index (χ0) is 21.8. The van der Waals surface area contributed by atoms with Crippen molar-refractivity contribution in [3.05, 3.63) is 16.0 Å². The molecule has 1 aromatic rings. The first-order valence-electron chi connectivity index (χ1n) is 10.5. The zero-order valence-corrected chi connectivity index (χ0v) is 18.8. The fraction of sp³-hybridized carbons (Fsp3) is 0.667. The number of nitrogen functional groups attached to an aromatic ring is 1. The number of nitrogens with two attached hydrogens (primary N) is 1. The zero-order valence-electron chi connectivity index (χ0n) is 17.9. The number of likely N-dealkylation sites (tertiary alicyclic amines) is 1. The lowest BCUT2D eigenvalue weighted by atomic mass is 9.74. The first-order valence-corrected chi connectivity index (χ1v) is 11.3. The number of amides is 3. The van der Waals surface area contributed by atoms with Crippen molar-refractivity contribution in [2.45, 2.75) is 38.6 Å². The number of carbonyl (C=O) groups excluding carboxylic acids is 2. The third-order valence-electron chi connectivity index (χ3n) is 6.27. The predicted molar refractivity (Wildman–Crippen MR) is 116 cm³/mol. The van der Waals surface area contributed by atoms with Gasteiger partial charge in [0.15, 0.2) is 0 Å². The van der Waals surface area contributed by atoms with Crippen LogP contribution < -0.4 is 11.1 Å². The van der Waals surface area contributed by atoms with Crippen molar-refractivity contribution in [2.24, 2.45) is 11.8 Å². The topological polar surface area (TPSA) is 112 Å². The summed E-state index contributed by atoms with van der Waals surface area (Å²) in [4.78, 5) is 30.5. The molecular formula is C21H31N5O3S. The number of hydrogen-bond donors (Lipinski definition) is 2. The largest absolute Gasteiger partial charge is 0.389 e. The molecule has 0 radical (unpaired) electrons. The maximum Gasteiger partial charge on any atom is 0.324 e. The molecule has 30 heavy (non-hydrogen) atoms. The maximum atomic E-state index is 13.2. The Morgan fingerprint density at radius 1 is 1.43 bits per heavy atom. The Balaban J connectivity index is 1.69. The van der Waals surface area contributed by atoms with Gasteiger partial charge in [-0.15, -0.1) is 11.3 Å². The molecule has 164 valence electrons. The van der Waals surface area contributed by atoms with Gasteiger partial charge in [-0.05, 0) is 51.1 Å². The average molecular weight is 434 g/mol. The number of rotatable bonds is 6. The summed E-state index contributed by atoms with van der Waals surface area (Å²) in [6, 6.07) is 2.25. The Labute approximate surface area is 182 Å². The third kappa shape index (κ3) is 4.46. The normalized spacial score (nSPS) is 23.2. The first kappa shape index (κ1) is 22.5. The van der Waals surface area contributed by atoms with E-state index in [4.69, 9.17) is 10.5 Å². The van der Waals surface area contributed by atoms with Gasteiger partial charge < -0.3 is 20.7 Å². The third-order valence-corrected chi connectivity index (χ3v) is 7.36. The van der Waals surface area contributed by atoms with Crippen LogP contribution in [-0.2, 0) is 22.4 Å². The molecule has 3 atom stereocenters. The number of likely N-dealkylation sites (N-methyl/N-ethyl adjacent to an activating group) is 1. The van der Waals surface area contributed by atoms with Gasteiger partial charge in [0.2, 0.25) is 5.91 Å². The van der Waals surface area contributed by atoms with Crippen LogP contribution in [0.25, 0.3) is 0 Å². The second-order valence-corrected chi connectivity index (χ2v) is 9.26. The van der Waals surface area contributed by atoms with E-state index in [0.717, 1.165) is 24.8 Å². The van der Waals surface area contributed by atoms with Crippen molar-refractivity contribution in [3.63, 3.8) is 0 Å². The molecule has 0 aromatic carbocycles. The number of nitriles is 1. The van der Waals surface area contributed by atoms with Crippen molar-refractivity contribution < 1.29 is 14.3 Å². The van der Waals surface area contributed by atoms with E-state index in [2.05, 4.69) is 16.3 Å². The molecule has 3 N–H and O–H groups in total. The van der Waals surface area contributed by atoms with Crippen LogP contribution in [0.3, 0.4) is 0 Å². The lowest BCUT2D eigenvalue weighted by molar-refractivity contribution is -0.135. The molecular weight excluding hydrogens is 402 g/mol. The minimum absolute atomic E-state index is 0.122. The molecule has 1 aliphatic heterocycles. The molecule has 2 heterocycles. The van der Waals surface area contributed by atoms with Crippen LogP contribution in [0.15, 0.2) is 0 Å². The molecule has 3 rings (SSSR count). The van der Waals surface area contributed by atoms with Gasteiger partial charge in [-0.25, -0.2) is 4.79 Å². The van der Waals surface area contributed by atoms with Crippen molar-refractivity contribution in [1.29, 1.82) is 5.26 Å². The fourth-order valence-corrected chi connectivity index (χ4v) is 5.88. The summed E-state index contributed by atoms with van der Waals surface area (Å²) < 4.78 is 4.99. The van der Waals surface area contributed by atoms with Gasteiger partial charge in [0.25, 0.3) is 0 Å². The van der Waals surface area contributed by atoms with Gasteiger partial charge in [0.05, 0.1) is 11.5 Å². The quantitative estimate of drug-likeness (QED) is 0.662. The lowest BCUT2D eigenvalue weighted by Gasteiger charge is -2.45. The van der Waals surface area contributed by atoms with E-state index in [-0.39, 0.29) is 23.8 Å². The van der Waals surface area contributed by atoms with Crippen LogP contribution in [-0.4, -0.2) is 68.2 Å². The number of methoxy groups -OCH3 is 1. The van der Waals surface area contributed by atoms with E-state index in [1.54, 1.807) is 7.11 Å². The Hall–Kier alpha value is -2.15. The molecule has 0 saturated carbocycles. The second-order valence-electron chi connectivity index (χ2n) is 8.12. The van der Waals surface area contributed by atoms with Gasteiger partial charge in [0, 0.05) is 44.3 Å². The van der Waals surface area contributed by atoms with Crippen molar-refractivity contribution >= 4 is 28.3 Å². The minimum Gasteiger partial charge on any atom is -0.389 e. The van der Waals surface area contributed by atoms with E-state index in [9.17, 15) is 14.9 Å². The lowest BCUT2D eigenvalue weighted by Crippen LogP contribution is -2.55. The van der Waals surface area contributed by atoms with Gasteiger partial charge in [0.1, 0.15) is 11.1 Å². The minimum atomic E-state index is -0.341. The monoisotopic (exact) mass is 433 g/mol. The van der Waals surface area contributed by atoms with E-state index < -0.39 is 0 Å². The van der Waals surface area contributed by atoms with Crippen molar-refractivity contribution in [3.8, 4) is 6.07 Å². The Morgan fingerprint density at radius 3 is 2.87 bits per heavy atom. The number of ether oxygens (including phenoxy) is 1. The van der Waals surface area contributed by atoms with Gasteiger partial charge >= 0.3 is 6.03 Å². The molecule has 9 heteroatoms. The summed E-state index contributed by atoms with van der Waals surface area (Å²) in [7, 11) is 3.67. The molecule has 1 aromatic heterocycles. The van der Waals surface area contributed by atoms with Crippen LogP contribution in [0.2, 0.25) is 0 Å². The molecule has 0 bridgehead atoms. The number of piperidine rings is 1. The van der Waals surface area contributed by atoms with Crippen molar-refractivity contribution in [1.82, 2.24) is 15.1 Å². The summed E-state index contributed by atoms with van der Waals surface area (Å²) >= 11 is 1.52. The number of hydrogen-bond acceptors (Lipinski definition) is 7. The Kier molecular flexibility index (Phi) is 7.34. The molecule has 2 aliphatic rings. The number of urea groups is 1. The molecule has 1 saturated heterocycles. The number of fused-ring (bicyclic) bond motifs is 2. The summed E-state index contributed by atoms with van der Waals surface area (Å²) in [5, 5.41) is 12.9. The van der Waals surface area contributed by atoms with Gasteiger partial charge in [-0.1, -0.05) is 0 Å². The highest BCUT2D eigenvalue weighted by Gasteiger charge is 2.42.